The van der Waals surface area contributed by atoms with Crippen LogP contribution in [0.3, 0.4) is 0 Å². The fourth-order valence-corrected chi connectivity index (χ4v) is 5.72. The van der Waals surface area contributed by atoms with E-state index in [9.17, 15) is 8.42 Å². The highest BCUT2D eigenvalue weighted by atomic mass is 32.2. The predicted octanol–water partition coefficient (Wildman–Crippen LogP) is 2.26. The standard InChI is InChI=1S/C17H26N2O3S/c1-18-10-11-19(23(20,21)16-8-3-4-9-16)13-17(18)14-6-5-7-15(12-14)22-2/h5-7,12,16-17H,3-4,8-11,13H2,1-2H3. The zero-order valence-electron chi connectivity index (χ0n) is 13.9. The molecule has 1 aliphatic carbocycles. The highest BCUT2D eigenvalue weighted by Gasteiger charge is 2.38. The summed E-state index contributed by atoms with van der Waals surface area (Å²) in [5, 5.41) is -0.170. The SMILES string of the molecule is COc1cccc(C2CN(S(=O)(=O)C3CCCC3)CCN2C)c1. The number of methoxy groups -OCH3 is 1. The summed E-state index contributed by atoms with van der Waals surface area (Å²) in [5.41, 5.74) is 1.11. The molecule has 0 N–H and O–H groups in total. The van der Waals surface area contributed by atoms with Crippen LogP contribution < -0.4 is 4.74 Å². The summed E-state index contributed by atoms with van der Waals surface area (Å²) in [4.78, 5) is 2.23. The Kier molecular flexibility index (Phi) is 4.94. The van der Waals surface area contributed by atoms with Gasteiger partial charge < -0.3 is 4.74 Å². The topological polar surface area (TPSA) is 49.9 Å². The molecule has 2 fully saturated rings. The molecule has 5 nitrogen and oxygen atoms in total. The monoisotopic (exact) mass is 338 g/mol. The zero-order chi connectivity index (χ0) is 16.4. The van der Waals surface area contributed by atoms with Crippen LogP contribution in [0.15, 0.2) is 24.3 Å². The van der Waals surface area contributed by atoms with Crippen LogP contribution in [0.2, 0.25) is 0 Å². The number of nitrogens with zero attached hydrogens (tertiary/aromatic N) is 2. The molecule has 6 heteroatoms. The molecule has 1 saturated carbocycles. The van der Waals surface area contributed by atoms with Crippen molar-refractivity contribution in [1.29, 1.82) is 0 Å². The van der Waals surface area contributed by atoms with Gasteiger partial charge in [-0.05, 0) is 37.6 Å². The normalized spacial score (nSPS) is 24.9. The van der Waals surface area contributed by atoms with Crippen molar-refractivity contribution in [2.75, 3.05) is 33.8 Å². The first-order chi connectivity index (χ1) is 11.0. The van der Waals surface area contributed by atoms with Crippen molar-refractivity contribution in [3.8, 4) is 5.75 Å². The lowest BCUT2D eigenvalue weighted by Gasteiger charge is -2.40. The first-order valence-electron chi connectivity index (χ1n) is 8.35. The van der Waals surface area contributed by atoms with Crippen LogP contribution in [0.1, 0.15) is 37.3 Å². The first-order valence-corrected chi connectivity index (χ1v) is 9.86. The van der Waals surface area contributed by atoms with Gasteiger partial charge in [-0.2, -0.15) is 4.31 Å². The van der Waals surface area contributed by atoms with Crippen molar-refractivity contribution >= 4 is 10.0 Å². The number of sulfonamides is 1. The second-order valence-corrected chi connectivity index (χ2v) is 8.80. The third-order valence-electron chi connectivity index (χ3n) is 5.17. The minimum Gasteiger partial charge on any atom is -0.497 e. The maximum Gasteiger partial charge on any atom is 0.217 e. The Morgan fingerprint density at radius 1 is 1.17 bits per heavy atom. The van der Waals surface area contributed by atoms with Crippen molar-refractivity contribution in [3.63, 3.8) is 0 Å². The predicted molar refractivity (Wildman–Crippen MR) is 91.1 cm³/mol. The van der Waals surface area contributed by atoms with Gasteiger partial charge in [-0.1, -0.05) is 25.0 Å². The molecule has 23 heavy (non-hydrogen) atoms. The summed E-state index contributed by atoms with van der Waals surface area (Å²) < 4.78 is 32.8. The van der Waals surface area contributed by atoms with E-state index < -0.39 is 10.0 Å². The summed E-state index contributed by atoms with van der Waals surface area (Å²) >= 11 is 0. The molecular weight excluding hydrogens is 312 g/mol. The molecule has 0 aromatic heterocycles. The Bertz CT molecular complexity index is 641. The Morgan fingerprint density at radius 3 is 2.61 bits per heavy atom. The number of hydrogen-bond acceptors (Lipinski definition) is 4. The van der Waals surface area contributed by atoms with Gasteiger partial charge in [-0.3, -0.25) is 4.90 Å². The number of rotatable bonds is 4. The molecule has 0 bridgehead atoms. The van der Waals surface area contributed by atoms with Gasteiger partial charge in [0.15, 0.2) is 0 Å². The minimum absolute atomic E-state index is 0.0787. The summed E-state index contributed by atoms with van der Waals surface area (Å²) in [5.74, 6) is 0.812. The average Bonchev–Trinajstić information content (AvgIpc) is 3.10. The van der Waals surface area contributed by atoms with Crippen molar-refractivity contribution < 1.29 is 13.2 Å². The number of hydrogen-bond donors (Lipinski definition) is 0. The Morgan fingerprint density at radius 2 is 1.91 bits per heavy atom. The van der Waals surface area contributed by atoms with E-state index in [1.54, 1.807) is 11.4 Å². The van der Waals surface area contributed by atoms with Crippen LogP contribution in [0.25, 0.3) is 0 Å². The molecule has 1 saturated heterocycles. The third-order valence-corrected chi connectivity index (χ3v) is 7.54. The molecule has 1 aromatic rings. The van der Waals surface area contributed by atoms with Gasteiger partial charge in [0.1, 0.15) is 5.75 Å². The highest BCUT2D eigenvalue weighted by Crippen LogP contribution is 2.32. The number of piperazine rings is 1. The van der Waals surface area contributed by atoms with Crippen LogP contribution in [0.4, 0.5) is 0 Å². The largest absolute Gasteiger partial charge is 0.497 e. The Balaban J connectivity index is 1.81. The van der Waals surface area contributed by atoms with Crippen molar-refractivity contribution in [1.82, 2.24) is 9.21 Å². The molecule has 1 aliphatic heterocycles. The van der Waals surface area contributed by atoms with Crippen molar-refractivity contribution in [3.05, 3.63) is 29.8 Å². The molecule has 0 spiro atoms. The summed E-state index contributed by atoms with van der Waals surface area (Å²) in [7, 11) is 0.546. The molecule has 1 aromatic carbocycles. The maximum absolute atomic E-state index is 12.9. The Labute approximate surface area is 139 Å². The van der Waals surface area contributed by atoms with Gasteiger partial charge >= 0.3 is 0 Å². The number of ether oxygens (including phenoxy) is 1. The van der Waals surface area contributed by atoms with E-state index in [1.807, 2.05) is 18.2 Å². The lowest BCUT2D eigenvalue weighted by molar-refractivity contribution is 0.147. The lowest BCUT2D eigenvalue weighted by atomic mass is 10.0. The van der Waals surface area contributed by atoms with Crippen LogP contribution in [0.5, 0.6) is 5.75 Å². The zero-order valence-corrected chi connectivity index (χ0v) is 14.8. The van der Waals surface area contributed by atoms with Crippen LogP contribution >= 0.6 is 0 Å². The van der Waals surface area contributed by atoms with Crippen LogP contribution in [-0.4, -0.2) is 56.7 Å². The Hall–Kier alpha value is -1.11. The highest BCUT2D eigenvalue weighted by molar-refractivity contribution is 7.89. The van der Waals surface area contributed by atoms with E-state index in [0.29, 0.717) is 13.1 Å². The average molecular weight is 338 g/mol. The smallest absolute Gasteiger partial charge is 0.217 e. The molecule has 0 amide bonds. The number of benzene rings is 1. The van der Waals surface area contributed by atoms with Gasteiger partial charge in [0, 0.05) is 25.7 Å². The van der Waals surface area contributed by atoms with Gasteiger partial charge in [0.25, 0.3) is 0 Å². The fourth-order valence-electron chi connectivity index (χ4n) is 3.69. The third kappa shape index (κ3) is 3.39. The second kappa shape index (κ2) is 6.79. The van der Waals surface area contributed by atoms with Crippen LogP contribution in [0, 0.1) is 0 Å². The van der Waals surface area contributed by atoms with E-state index >= 15 is 0 Å². The van der Waals surface area contributed by atoms with Crippen molar-refractivity contribution in [2.45, 2.75) is 37.0 Å². The molecule has 1 unspecified atom stereocenters. The van der Waals surface area contributed by atoms with Gasteiger partial charge in [-0.15, -0.1) is 0 Å². The van der Waals surface area contributed by atoms with E-state index in [0.717, 1.165) is 43.5 Å². The first kappa shape index (κ1) is 16.7. The molecule has 0 radical (unpaired) electrons. The summed E-state index contributed by atoms with van der Waals surface area (Å²) in [6.45, 7) is 1.88. The van der Waals surface area contributed by atoms with E-state index in [4.69, 9.17) is 4.74 Å². The van der Waals surface area contributed by atoms with E-state index in [2.05, 4.69) is 18.0 Å². The molecule has 2 aliphatic rings. The van der Waals surface area contributed by atoms with Gasteiger partial charge in [-0.25, -0.2) is 8.42 Å². The summed E-state index contributed by atoms with van der Waals surface area (Å²) in [6.07, 6.45) is 3.71. The molecule has 3 rings (SSSR count). The molecular formula is C17H26N2O3S. The van der Waals surface area contributed by atoms with Gasteiger partial charge in [0.05, 0.1) is 12.4 Å². The maximum atomic E-state index is 12.9. The molecule has 1 heterocycles. The molecule has 1 atom stereocenters. The summed E-state index contributed by atoms with van der Waals surface area (Å²) in [6, 6.07) is 8.02. The lowest BCUT2D eigenvalue weighted by Crippen LogP contribution is -2.51. The fraction of sp³-hybridized carbons (Fsp3) is 0.647. The van der Waals surface area contributed by atoms with Gasteiger partial charge in [0.2, 0.25) is 10.0 Å². The van der Waals surface area contributed by atoms with E-state index in [-0.39, 0.29) is 11.3 Å². The molecule has 128 valence electrons. The van der Waals surface area contributed by atoms with E-state index in [1.165, 1.54) is 0 Å². The minimum atomic E-state index is -3.17. The van der Waals surface area contributed by atoms with Crippen LogP contribution in [-0.2, 0) is 10.0 Å². The van der Waals surface area contributed by atoms with Crippen molar-refractivity contribution in [2.24, 2.45) is 0 Å². The second-order valence-electron chi connectivity index (χ2n) is 6.58. The quantitative estimate of drug-likeness (QED) is 0.845. The number of likely N-dealkylation sites (N-methyl/N-ethyl adjacent to an activating group) is 1.